The maximum absolute atomic E-state index is 9.09. The van der Waals surface area contributed by atoms with Crippen molar-refractivity contribution in [3.8, 4) is 0 Å². The summed E-state index contributed by atoms with van der Waals surface area (Å²) in [6, 6.07) is 6.21. The number of hydrogen-bond donors (Lipinski definition) is 1. The van der Waals surface area contributed by atoms with Crippen LogP contribution in [0.5, 0.6) is 0 Å². The Bertz CT molecular complexity index is 447. The van der Waals surface area contributed by atoms with E-state index in [1.165, 1.54) is 15.6 Å². The van der Waals surface area contributed by atoms with Crippen LogP contribution in [0, 0.1) is 6.92 Å². The second-order valence-corrected chi connectivity index (χ2v) is 5.00. The largest absolute Gasteiger partial charge is 0.391 e. The van der Waals surface area contributed by atoms with Gasteiger partial charge in [0.25, 0.3) is 0 Å². The molecule has 0 atom stereocenters. The van der Waals surface area contributed by atoms with Gasteiger partial charge in [0, 0.05) is 14.0 Å². The van der Waals surface area contributed by atoms with Crippen LogP contribution in [0.1, 0.15) is 10.4 Å². The molecule has 0 unspecified atom stereocenters. The molecule has 13 heavy (non-hydrogen) atoms. The van der Waals surface area contributed by atoms with Gasteiger partial charge in [-0.15, -0.1) is 11.3 Å². The van der Waals surface area contributed by atoms with Crippen molar-refractivity contribution in [2.24, 2.45) is 0 Å². The molecule has 0 saturated heterocycles. The van der Waals surface area contributed by atoms with E-state index in [4.69, 9.17) is 5.11 Å². The van der Waals surface area contributed by atoms with Crippen molar-refractivity contribution in [1.29, 1.82) is 0 Å². The number of rotatable bonds is 1. The first kappa shape index (κ1) is 9.19. The van der Waals surface area contributed by atoms with Crippen LogP contribution in [-0.4, -0.2) is 5.11 Å². The molecule has 0 amide bonds. The van der Waals surface area contributed by atoms with Crippen molar-refractivity contribution in [2.75, 3.05) is 0 Å². The summed E-state index contributed by atoms with van der Waals surface area (Å²) < 4.78 is 2.32. The monoisotopic (exact) mass is 256 g/mol. The minimum Gasteiger partial charge on any atom is -0.391 e. The molecular weight excluding hydrogens is 248 g/mol. The summed E-state index contributed by atoms with van der Waals surface area (Å²) in [5, 5.41) is 10.3. The van der Waals surface area contributed by atoms with Gasteiger partial charge in [-0.1, -0.05) is 22.0 Å². The van der Waals surface area contributed by atoms with Crippen LogP contribution in [0.25, 0.3) is 10.1 Å². The molecule has 1 aromatic carbocycles. The van der Waals surface area contributed by atoms with E-state index in [-0.39, 0.29) is 6.61 Å². The highest BCUT2D eigenvalue weighted by molar-refractivity contribution is 9.10. The van der Waals surface area contributed by atoms with Crippen molar-refractivity contribution < 1.29 is 5.11 Å². The third-order valence-corrected chi connectivity index (χ3v) is 3.88. The Balaban J connectivity index is 2.76. The molecule has 3 heteroatoms. The fraction of sp³-hybridized carbons (Fsp3) is 0.200. The van der Waals surface area contributed by atoms with Crippen molar-refractivity contribution in [1.82, 2.24) is 0 Å². The van der Waals surface area contributed by atoms with E-state index in [9.17, 15) is 0 Å². The first-order valence-electron chi connectivity index (χ1n) is 4.01. The van der Waals surface area contributed by atoms with Gasteiger partial charge in [0.1, 0.15) is 0 Å². The molecule has 0 bridgehead atoms. The Labute approximate surface area is 89.1 Å². The Morgan fingerprint density at radius 2 is 2.23 bits per heavy atom. The van der Waals surface area contributed by atoms with E-state index in [0.29, 0.717) is 0 Å². The third-order valence-electron chi connectivity index (χ3n) is 2.14. The standard InChI is InChI=1S/C10H9BrOS/c1-6-8-3-2-7(11)4-9(8)13-10(6)5-12/h2-4,12H,5H2,1H3. The lowest BCUT2D eigenvalue weighted by atomic mass is 10.1. The number of aliphatic hydroxyl groups excluding tert-OH is 1. The number of hydrogen-bond acceptors (Lipinski definition) is 2. The highest BCUT2D eigenvalue weighted by Gasteiger charge is 2.06. The summed E-state index contributed by atoms with van der Waals surface area (Å²) in [5.41, 5.74) is 1.20. The van der Waals surface area contributed by atoms with Crippen molar-refractivity contribution in [2.45, 2.75) is 13.5 Å². The van der Waals surface area contributed by atoms with Crippen LogP contribution in [0.3, 0.4) is 0 Å². The average molecular weight is 257 g/mol. The summed E-state index contributed by atoms with van der Waals surface area (Å²) in [5.74, 6) is 0. The lowest BCUT2D eigenvalue weighted by Crippen LogP contribution is -1.78. The molecule has 1 aromatic heterocycles. The summed E-state index contributed by atoms with van der Waals surface area (Å²) >= 11 is 5.09. The van der Waals surface area contributed by atoms with Gasteiger partial charge in [-0.05, 0) is 30.0 Å². The van der Waals surface area contributed by atoms with Crippen molar-refractivity contribution >= 4 is 37.4 Å². The summed E-state index contributed by atoms with van der Waals surface area (Å²) in [4.78, 5) is 1.06. The van der Waals surface area contributed by atoms with Gasteiger partial charge in [-0.25, -0.2) is 0 Å². The first-order chi connectivity index (χ1) is 6.22. The van der Waals surface area contributed by atoms with Crippen molar-refractivity contribution in [3.63, 3.8) is 0 Å². The molecule has 0 saturated carbocycles. The zero-order valence-corrected chi connectivity index (χ0v) is 9.58. The lowest BCUT2D eigenvalue weighted by Gasteiger charge is -1.92. The van der Waals surface area contributed by atoms with E-state index in [0.717, 1.165) is 9.35 Å². The predicted octanol–water partition coefficient (Wildman–Crippen LogP) is 3.46. The van der Waals surface area contributed by atoms with Gasteiger partial charge in [0.05, 0.1) is 6.61 Å². The normalized spacial score (nSPS) is 11.0. The number of halogens is 1. The van der Waals surface area contributed by atoms with Crippen LogP contribution in [0.2, 0.25) is 0 Å². The highest BCUT2D eigenvalue weighted by Crippen LogP contribution is 2.32. The number of aryl methyl sites for hydroxylation is 1. The Kier molecular flexibility index (Phi) is 2.41. The molecular formula is C10H9BrOS. The smallest absolute Gasteiger partial charge is 0.0777 e. The molecule has 0 aliphatic heterocycles. The fourth-order valence-electron chi connectivity index (χ4n) is 1.40. The molecule has 0 aliphatic carbocycles. The number of benzene rings is 1. The SMILES string of the molecule is Cc1c(CO)sc2cc(Br)ccc12. The van der Waals surface area contributed by atoms with E-state index in [2.05, 4.69) is 35.0 Å². The zero-order chi connectivity index (χ0) is 9.42. The zero-order valence-electron chi connectivity index (χ0n) is 7.17. The minimum atomic E-state index is 0.142. The molecule has 0 aliphatic rings. The van der Waals surface area contributed by atoms with Gasteiger partial charge in [-0.3, -0.25) is 0 Å². The minimum absolute atomic E-state index is 0.142. The highest BCUT2D eigenvalue weighted by atomic mass is 79.9. The lowest BCUT2D eigenvalue weighted by molar-refractivity contribution is 0.285. The molecule has 2 aromatic rings. The molecule has 1 nitrogen and oxygen atoms in total. The second-order valence-electron chi connectivity index (χ2n) is 2.95. The summed E-state index contributed by atoms with van der Waals surface area (Å²) in [6.45, 7) is 2.20. The van der Waals surface area contributed by atoms with E-state index >= 15 is 0 Å². The predicted molar refractivity (Wildman–Crippen MR) is 60.2 cm³/mol. The van der Waals surface area contributed by atoms with Crippen LogP contribution in [0.4, 0.5) is 0 Å². The van der Waals surface area contributed by atoms with Crippen LogP contribution < -0.4 is 0 Å². The van der Waals surface area contributed by atoms with Gasteiger partial charge in [0.2, 0.25) is 0 Å². The molecule has 1 N–H and O–H groups in total. The summed E-state index contributed by atoms with van der Waals surface area (Å²) in [6.07, 6.45) is 0. The van der Waals surface area contributed by atoms with Crippen LogP contribution >= 0.6 is 27.3 Å². The average Bonchev–Trinajstić information content (AvgIpc) is 2.42. The number of fused-ring (bicyclic) bond motifs is 1. The molecule has 0 spiro atoms. The Hall–Kier alpha value is -0.380. The van der Waals surface area contributed by atoms with E-state index in [1.54, 1.807) is 11.3 Å². The molecule has 0 radical (unpaired) electrons. The van der Waals surface area contributed by atoms with E-state index < -0.39 is 0 Å². The van der Waals surface area contributed by atoms with Gasteiger partial charge < -0.3 is 5.11 Å². The number of thiophene rings is 1. The van der Waals surface area contributed by atoms with Gasteiger partial charge >= 0.3 is 0 Å². The second kappa shape index (κ2) is 3.40. The Morgan fingerprint density at radius 3 is 2.92 bits per heavy atom. The maximum atomic E-state index is 9.09. The molecule has 2 rings (SSSR count). The third kappa shape index (κ3) is 1.52. The molecule has 1 heterocycles. The number of aliphatic hydroxyl groups is 1. The fourth-order valence-corrected chi connectivity index (χ4v) is 3.02. The van der Waals surface area contributed by atoms with Crippen LogP contribution in [-0.2, 0) is 6.61 Å². The first-order valence-corrected chi connectivity index (χ1v) is 5.61. The van der Waals surface area contributed by atoms with Crippen molar-refractivity contribution in [3.05, 3.63) is 33.1 Å². The summed E-state index contributed by atoms with van der Waals surface area (Å²) in [7, 11) is 0. The quantitative estimate of drug-likeness (QED) is 0.829. The molecule has 0 fully saturated rings. The van der Waals surface area contributed by atoms with Gasteiger partial charge in [-0.2, -0.15) is 0 Å². The van der Waals surface area contributed by atoms with Gasteiger partial charge in [0.15, 0.2) is 0 Å². The maximum Gasteiger partial charge on any atom is 0.0777 e. The van der Waals surface area contributed by atoms with E-state index in [1.807, 2.05) is 6.07 Å². The topological polar surface area (TPSA) is 20.2 Å². The Morgan fingerprint density at radius 1 is 1.46 bits per heavy atom. The molecule has 68 valence electrons. The van der Waals surface area contributed by atoms with Crippen LogP contribution in [0.15, 0.2) is 22.7 Å².